The Labute approximate surface area is 158 Å². The van der Waals surface area contributed by atoms with E-state index in [1.165, 1.54) is 0 Å². The molecule has 5 aliphatic rings. The smallest absolute Gasteiger partial charge is 0.264 e. The van der Waals surface area contributed by atoms with Crippen LogP contribution in [0.2, 0.25) is 0 Å². The van der Waals surface area contributed by atoms with Gasteiger partial charge in [-0.1, -0.05) is 55.5 Å². The number of amides is 1. The number of Topliss-reactive ketones (excluding diaryl/α,β-unsaturated/α-hetero) is 1. The van der Waals surface area contributed by atoms with E-state index in [9.17, 15) is 9.59 Å². The number of fused-ring (bicyclic) bond motifs is 1. The average Bonchev–Trinajstić information content (AvgIpc) is 2.96. The fourth-order valence-electron chi connectivity index (χ4n) is 6.16. The van der Waals surface area contributed by atoms with Crippen LogP contribution in [-0.4, -0.2) is 47.7 Å². The standard InChI is InChI=1S/C22H21N3O2/c1-20-11-24-13-21(18(20)26,15-7-3-2-4-8-15)14-25(12-20)22(24)16-9-5-6-10-17(16)23-19(22)27/h2-10H,11-14H2,1H3,(H,23,27). The van der Waals surface area contributed by atoms with E-state index in [-0.39, 0.29) is 5.91 Å². The highest BCUT2D eigenvalue weighted by Crippen LogP contribution is 2.58. The quantitative estimate of drug-likeness (QED) is 0.846. The third-order valence-electron chi connectivity index (χ3n) is 7.09. The molecule has 5 heteroatoms. The predicted octanol–water partition coefficient (Wildman–Crippen LogP) is 1.95. The Bertz CT molecular complexity index is 984. The van der Waals surface area contributed by atoms with Gasteiger partial charge in [0.1, 0.15) is 0 Å². The Morgan fingerprint density at radius 1 is 0.852 bits per heavy atom. The lowest BCUT2D eigenvalue weighted by Gasteiger charge is -2.68. The zero-order valence-corrected chi connectivity index (χ0v) is 15.2. The lowest BCUT2D eigenvalue weighted by molar-refractivity contribution is -0.217. The Morgan fingerprint density at radius 3 is 2.19 bits per heavy atom. The maximum atomic E-state index is 13.6. The van der Waals surface area contributed by atoms with Crippen molar-refractivity contribution in [2.75, 3.05) is 31.5 Å². The molecule has 4 saturated heterocycles. The summed E-state index contributed by atoms with van der Waals surface area (Å²) in [6, 6.07) is 18.1. The first-order chi connectivity index (χ1) is 13.0. The van der Waals surface area contributed by atoms with Crippen LogP contribution in [0.25, 0.3) is 0 Å². The molecule has 0 aliphatic carbocycles. The molecule has 2 aromatic carbocycles. The van der Waals surface area contributed by atoms with Crippen molar-refractivity contribution in [1.29, 1.82) is 0 Å². The van der Waals surface area contributed by atoms with Crippen LogP contribution >= 0.6 is 0 Å². The number of hydrogen-bond donors (Lipinski definition) is 1. The van der Waals surface area contributed by atoms with Gasteiger partial charge in [-0.25, -0.2) is 0 Å². The third-order valence-corrected chi connectivity index (χ3v) is 7.09. The van der Waals surface area contributed by atoms with Crippen LogP contribution in [0.5, 0.6) is 0 Å². The Balaban J connectivity index is 1.57. The normalized spacial score (nSPS) is 41.1. The number of carbonyl (C=O) groups excluding carboxylic acids is 2. The molecule has 1 amide bonds. The summed E-state index contributed by atoms with van der Waals surface area (Å²) in [4.78, 5) is 31.4. The first-order valence-corrected chi connectivity index (χ1v) is 9.52. The first kappa shape index (κ1) is 15.5. The molecule has 5 nitrogen and oxygen atoms in total. The molecule has 1 spiro atoms. The number of ketones is 1. The second kappa shape index (κ2) is 4.66. The number of rotatable bonds is 1. The van der Waals surface area contributed by atoms with Gasteiger partial charge in [0.25, 0.3) is 5.91 Å². The number of hydrogen-bond acceptors (Lipinski definition) is 4. The van der Waals surface area contributed by atoms with Gasteiger partial charge in [-0.2, -0.15) is 0 Å². The molecule has 4 bridgehead atoms. The lowest BCUT2D eigenvalue weighted by atomic mass is 9.57. The summed E-state index contributed by atoms with van der Waals surface area (Å²) < 4.78 is 0. The SMILES string of the molecule is CC12CN3CC(c4ccccc4)(CN(C1)C31C(=O)Nc3ccccc31)C2=O. The number of nitrogens with zero attached hydrogens (tertiary/aromatic N) is 2. The van der Waals surface area contributed by atoms with E-state index in [0.717, 1.165) is 16.8 Å². The zero-order valence-electron chi connectivity index (χ0n) is 15.2. The highest BCUT2D eigenvalue weighted by atomic mass is 16.2. The van der Waals surface area contributed by atoms with Crippen LogP contribution < -0.4 is 5.32 Å². The predicted molar refractivity (Wildman–Crippen MR) is 101 cm³/mol. The monoisotopic (exact) mass is 359 g/mol. The van der Waals surface area contributed by atoms with Crippen molar-refractivity contribution in [3.8, 4) is 0 Å². The molecule has 136 valence electrons. The fourth-order valence-corrected chi connectivity index (χ4v) is 6.16. The lowest BCUT2D eigenvalue weighted by Crippen LogP contribution is -2.84. The van der Waals surface area contributed by atoms with Crippen molar-refractivity contribution in [2.24, 2.45) is 5.41 Å². The molecule has 5 heterocycles. The summed E-state index contributed by atoms with van der Waals surface area (Å²) in [5.41, 5.74) is 1.19. The summed E-state index contributed by atoms with van der Waals surface area (Å²) in [6.07, 6.45) is 0. The highest BCUT2D eigenvalue weighted by Gasteiger charge is 2.72. The van der Waals surface area contributed by atoms with Gasteiger partial charge in [-0.15, -0.1) is 0 Å². The summed E-state index contributed by atoms with van der Waals surface area (Å²) >= 11 is 0. The maximum absolute atomic E-state index is 13.6. The molecule has 2 aromatic rings. The second-order valence-electron chi connectivity index (χ2n) is 8.72. The van der Waals surface area contributed by atoms with E-state index >= 15 is 0 Å². The average molecular weight is 359 g/mol. The van der Waals surface area contributed by atoms with Crippen molar-refractivity contribution in [2.45, 2.75) is 18.0 Å². The molecule has 27 heavy (non-hydrogen) atoms. The third kappa shape index (κ3) is 1.60. The Hall–Kier alpha value is -2.50. The van der Waals surface area contributed by atoms with Crippen LogP contribution in [0.15, 0.2) is 54.6 Å². The second-order valence-corrected chi connectivity index (χ2v) is 8.72. The number of nitrogens with one attached hydrogen (secondary N) is 1. The Morgan fingerprint density at radius 2 is 1.48 bits per heavy atom. The number of para-hydroxylation sites is 1. The van der Waals surface area contributed by atoms with E-state index in [0.29, 0.717) is 32.0 Å². The van der Waals surface area contributed by atoms with Crippen molar-refractivity contribution in [3.05, 3.63) is 65.7 Å². The molecule has 4 fully saturated rings. The summed E-state index contributed by atoms with van der Waals surface area (Å²) in [7, 11) is 0. The van der Waals surface area contributed by atoms with Gasteiger partial charge >= 0.3 is 0 Å². The van der Waals surface area contributed by atoms with Gasteiger partial charge in [0.15, 0.2) is 11.4 Å². The van der Waals surface area contributed by atoms with E-state index in [1.807, 2.05) is 36.4 Å². The van der Waals surface area contributed by atoms with E-state index in [4.69, 9.17) is 0 Å². The molecule has 1 N–H and O–H groups in total. The minimum absolute atomic E-state index is 0.0155. The molecule has 2 unspecified atom stereocenters. The minimum Gasteiger partial charge on any atom is -0.323 e. The molecule has 0 aromatic heterocycles. The van der Waals surface area contributed by atoms with Crippen molar-refractivity contribution < 1.29 is 9.59 Å². The molecule has 7 rings (SSSR count). The number of anilines is 1. The van der Waals surface area contributed by atoms with Crippen LogP contribution in [0.3, 0.4) is 0 Å². The van der Waals surface area contributed by atoms with E-state index in [1.54, 1.807) is 0 Å². The zero-order chi connectivity index (χ0) is 18.4. The molecular formula is C22H21N3O2. The van der Waals surface area contributed by atoms with Gasteiger partial charge in [0.2, 0.25) is 0 Å². The fraction of sp³-hybridized carbons (Fsp3) is 0.364. The summed E-state index contributed by atoms with van der Waals surface area (Å²) in [6.45, 7) is 4.49. The minimum atomic E-state index is -0.783. The van der Waals surface area contributed by atoms with Crippen molar-refractivity contribution >= 4 is 17.4 Å². The summed E-state index contributed by atoms with van der Waals surface area (Å²) in [5, 5.41) is 3.09. The van der Waals surface area contributed by atoms with Gasteiger partial charge in [0, 0.05) is 37.4 Å². The number of piperidine rings is 2. The largest absolute Gasteiger partial charge is 0.323 e. The van der Waals surface area contributed by atoms with Gasteiger partial charge in [-0.3, -0.25) is 19.4 Å². The number of carbonyl (C=O) groups is 2. The first-order valence-electron chi connectivity index (χ1n) is 9.52. The maximum Gasteiger partial charge on any atom is 0.264 e. The molecule has 0 saturated carbocycles. The molecule has 5 aliphatic heterocycles. The van der Waals surface area contributed by atoms with Crippen LogP contribution in [0.4, 0.5) is 5.69 Å². The highest BCUT2D eigenvalue weighted by molar-refractivity contribution is 6.07. The summed E-state index contributed by atoms with van der Waals surface area (Å²) in [5.74, 6) is 0.344. The van der Waals surface area contributed by atoms with Crippen LogP contribution in [0, 0.1) is 5.41 Å². The van der Waals surface area contributed by atoms with Gasteiger partial charge in [-0.05, 0) is 11.6 Å². The van der Waals surface area contributed by atoms with Crippen molar-refractivity contribution in [1.82, 2.24) is 9.80 Å². The van der Waals surface area contributed by atoms with Crippen LogP contribution in [-0.2, 0) is 20.7 Å². The molecular weight excluding hydrogens is 338 g/mol. The van der Waals surface area contributed by atoms with Crippen LogP contribution in [0.1, 0.15) is 18.1 Å². The molecule has 0 radical (unpaired) electrons. The van der Waals surface area contributed by atoms with Crippen molar-refractivity contribution in [3.63, 3.8) is 0 Å². The van der Waals surface area contributed by atoms with E-state index < -0.39 is 16.5 Å². The van der Waals surface area contributed by atoms with Gasteiger partial charge < -0.3 is 5.32 Å². The van der Waals surface area contributed by atoms with Gasteiger partial charge in [0.05, 0.1) is 10.8 Å². The Kier molecular flexibility index (Phi) is 2.69. The number of benzene rings is 2. The van der Waals surface area contributed by atoms with E-state index in [2.05, 4.69) is 40.2 Å². The topological polar surface area (TPSA) is 52.6 Å². The molecule has 2 atom stereocenters.